The number of rotatable bonds is 6. The first-order chi connectivity index (χ1) is 9.72. The van der Waals surface area contributed by atoms with Crippen molar-refractivity contribution in [3.63, 3.8) is 0 Å². The van der Waals surface area contributed by atoms with Gasteiger partial charge in [0.1, 0.15) is 12.4 Å². The zero-order chi connectivity index (χ0) is 14.4. The maximum absolute atomic E-state index is 9.15. The highest BCUT2D eigenvalue weighted by molar-refractivity contribution is 5.27. The molecule has 0 amide bonds. The van der Waals surface area contributed by atoms with Crippen LogP contribution < -0.4 is 10.5 Å². The van der Waals surface area contributed by atoms with E-state index in [9.17, 15) is 0 Å². The number of hydrogen-bond donors (Lipinski definition) is 2. The van der Waals surface area contributed by atoms with Crippen molar-refractivity contribution in [2.45, 2.75) is 25.6 Å². The van der Waals surface area contributed by atoms with Crippen molar-refractivity contribution in [1.29, 1.82) is 0 Å². The van der Waals surface area contributed by atoms with Crippen LogP contribution in [0.3, 0.4) is 0 Å². The Morgan fingerprint density at radius 2 is 2.15 bits per heavy atom. The van der Waals surface area contributed by atoms with Crippen LogP contribution in [-0.4, -0.2) is 55.1 Å². The van der Waals surface area contributed by atoms with Crippen LogP contribution in [0.4, 0.5) is 0 Å². The molecule has 3 N–H and O–H groups in total. The van der Waals surface area contributed by atoms with Gasteiger partial charge in [0.2, 0.25) is 0 Å². The molecule has 0 aromatic heterocycles. The predicted molar refractivity (Wildman–Crippen MR) is 77.7 cm³/mol. The highest BCUT2D eigenvalue weighted by Gasteiger charge is 2.25. The Morgan fingerprint density at radius 1 is 1.40 bits per heavy atom. The SMILES string of the molecule is CC1COC(CO)CN1CCOc1ccc(CN)cc1. The van der Waals surface area contributed by atoms with E-state index in [0.29, 0.717) is 25.8 Å². The Morgan fingerprint density at radius 3 is 2.80 bits per heavy atom. The first-order valence-corrected chi connectivity index (χ1v) is 7.11. The molecule has 0 radical (unpaired) electrons. The van der Waals surface area contributed by atoms with Crippen LogP contribution in [0.1, 0.15) is 12.5 Å². The predicted octanol–water partition coefficient (Wildman–Crippen LogP) is 0.606. The highest BCUT2D eigenvalue weighted by Crippen LogP contribution is 2.14. The summed E-state index contributed by atoms with van der Waals surface area (Å²) in [7, 11) is 0. The quantitative estimate of drug-likeness (QED) is 0.799. The lowest BCUT2D eigenvalue weighted by Gasteiger charge is -2.37. The van der Waals surface area contributed by atoms with Crippen molar-refractivity contribution in [3.05, 3.63) is 29.8 Å². The van der Waals surface area contributed by atoms with Gasteiger partial charge in [0.25, 0.3) is 0 Å². The molecule has 0 aliphatic carbocycles. The summed E-state index contributed by atoms with van der Waals surface area (Å²) in [4.78, 5) is 2.29. The molecule has 2 atom stereocenters. The van der Waals surface area contributed by atoms with E-state index in [1.54, 1.807) is 0 Å². The van der Waals surface area contributed by atoms with Crippen molar-refractivity contribution in [3.8, 4) is 5.75 Å². The summed E-state index contributed by atoms with van der Waals surface area (Å²) in [6.07, 6.45) is -0.0740. The highest BCUT2D eigenvalue weighted by atomic mass is 16.5. The van der Waals surface area contributed by atoms with Crippen LogP contribution in [0.25, 0.3) is 0 Å². The molecule has 1 fully saturated rings. The van der Waals surface area contributed by atoms with Gasteiger partial charge < -0.3 is 20.3 Å². The van der Waals surface area contributed by atoms with E-state index in [4.69, 9.17) is 20.3 Å². The lowest BCUT2D eigenvalue weighted by atomic mass is 10.2. The van der Waals surface area contributed by atoms with Crippen LogP contribution in [0.5, 0.6) is 5.75 Å². The number of nitrogens with zero attached hydrogens (tertiary/aromatic N) is 1. The van der Waals surface area contributed by atoms with Gasteiger partial charge in [-0.05, 0) is 24.6 Å². The summed E-state index contributed by atoms with van der Waals surface area (Å²) in [6.45, 7) is 5.63. The van der Waals surface area contributed by atoms with Crippen molar-refractivity contribution < 1.29 is 14.6 Å². The lowest BCUT2D eigenvalue weighted by Crippen LogP contribution is -2.50. The number of hydrogen-bond acceptors (Lipinski definition) is 5. The minimum absolute atomic E-state index is 0.0740. The van der Waals surface area contributed by atoms with E-state index in [-0.39, 0.29) is 12.7 Å². The van der Waals surface area contributed by atoms with Gasteiger partial charge in [-0.15, -0.1) is 0 Å². The van der Waals surface area contributed by atoms with Crippen molar-refractivity contribution in [2.75, 3.05) is 32.9 Å². The van der Waals surface area contributed by atoms with Gasteiger partial charge in [0.15, 0.2) is 0 Å². The van der Waals surface area contributed by atoms with Crippen molar-refractivity contribution in [2.24, 2.45) is 5.73 Å². The van der Waals surface area contributed by atoms with Crippen LogP contribution in [0, 0.1) is 0 Å². The van der Waals surface area contributed by atoms with Crippen LogP contribution in [0.15, 0.2) is 24.3 Å². The molecule has 5 nitrogen and oxygen atoms in total. The average Bonchev–Trinajstić information content (AvgIpc) is 2.50. The summed E-state index contributed by atoms with van der Waals surface area (Å²) >= 11 is 0. The molecule has 112 valence electrons. The minimum atomic E-state index is -0.0740. The maximum Gasteiger partial charge on any atom is 0.119 e. The monoisotopic (exact) mass is 280 g/mol. The molecule has 1 heterocycles. The molecule has 0 bridgehead atoms. The summed E-state index contributed by atoms with van der Waals surface area (Å²) in [5.74, 6) is 0.863. The third-order valence-corrected chi connectivity index (χ3v) is 3.64. The van der Waals surface area contributed by atoms with Gasteiger partial charge in [-0.3, -0.25) is 4.90 Å². The fourth-order valence-corrected chi connectivity index (χ4v) is 2.30. The average molecular weight is 280 g/mol. The second-order valence-electron chi connectivity index (χ2n) is 5.18. The summed E-state index contributed by atoms with van der Waals surface area (Å²) in [6, 6.07) is 8.22. The number of morpholine rings is 1. The Labute approximate surface area is 120 Å². The van der Waals surface area contributed by atoms with Crippen molar-refractivity contribution in [1.82, 2.24) is 4.90 Å². The van der Waals surface area contributed by atoms with Crippen molar-refractivity contribution >= 4 is 0 Å². The van der Waals surface area contributed by atoms with E-state index < -0.39 is 0 Å². The molecule has 1 aromatic carbocycles. The van der Waals surface area contributed by atoms with E-state index in [0.717, 1.165) is 24.4 Å². The fraction of sp³-hybridized carbons (Fsp3) is 0.600. The molecule has 0 spiro atoms. The summed E-state index contributed by atoms with van der Waals surface area (Å²) in [5.41, 5.74) is 6.66. The fourth-order valence-electron chi connectivity index (χ4n) is 2.30. The second-order valence-corrected chi connectivity index (χ2v) is 5.18. The molecule has 0 saturated carbocycles. The Kier molecular flexibility index (Phi) is 5.79. The number of benzene rings is 1. The molecule has 2 rings (SSSR count). The normalized spacial score (nSPS) is 23.8. The topological polar surface area (TPSA) is 68.0 Å². The standard InChI is InChI=1S/C15H24N2O3/c1-12-11-20-15(10-18)9-17(12)6-7-19-14-4-2-13(8-16)3-5-14/h2-5,12,15,18H,6-11,16H2,1H3. The summed E-state index contributed by atoms with van der Waals surface area (Å²) in [5, 5.41) is 9.15. The first kappa shape index (κ1) is 15.3. The first-order valence-electron chi connectivity index (χ1n) is 7.11. The zero-order valence-electron chi connectivity index (χ0n) is 12.0. The van der Waals surface area contributed by atoms with E-state index in [1.165, 1.54) is 0 Å². The second kappa shape index (κ2) is 7.59. The Bertz CT molecular complexity index is 397. The third kappa shape index (κ3) is 4.18. The third-order valence-electron chi connectivity index (χ3n) is 3.64. The molecular formula is C15H24N2O3. The molecule has 1 aliphatic heterocycles. The van der Waals surface area contributed by atoms with E-state index >= 15 is 0 Å². The number of nitrogens with two attached hydrogens (primary N) is 1. The van der Waals surface area contributed by atoms with Gasteiger partial charge >= 0.3 is 0 Å². The minimum Gasteiger partial charge on any atom is -0.492 e. The Hall–Kier alpha value is -1.14. The Balaban J connectivity index is 1.76. The van der Waals surface area contributed by atoms with Gasteiger partial charge in [-0.25, -0.2) is 0 Å². The molecule has 1 aromatic rings. The number of aliphatic hydroxyl groups excluding tert-OH is 1. The van der Waals surface area contributed by atoms with E-state index in [2.05, 4.69) is 11.8 Å². The van der Waals surface area contributed by atoms with Gasteiger partial charge in [-0.1, -0.05) is 12.1 Å². The van der Waals surface area contributed by atoms with Crippen LogP contribution >= 0.6 is 0 Å². The lowest BCUT2D eigenvalue weighted by molar-refractivity contribution is -0.0798. The van der Waals surface area contributed by atoms with Crippen LogP contribution in [0.2, 0.25) is 0 Å². The van der Waals surface area contributed by atoms with Gasteiger partial charge in [-0.2, -0.15) is 0 Å². The number of aliphatic hydroxyl groups is 1. The van der Waals surface area contributed by atoms with Crippen LogP contribution in [-0.2, 0) is 11.3 Å². The summed E-state index contributed by atoms with van der Waals surface area (Å²) < 4.78 is 11.3. The number of ether oxygens (including phenoxy) is 2. The molecule has 1 aliphatic rings. The van der Waals surface area contributed by atoms with E-state index in [1.807, 2.05) is 24.3 Å². The maximum atomic E-state index is 9.15. The smallest absolute Gasteiger partial charge is 0.119 e. The largest absolute Gasteiger partial charge is 0.492 e. The zero-order valence-corrected chi connectivity index (χ0v) is 12.0. The van der Waals surface area contributed by atoms with Gasteiger partial charge in [0, 0.05) is 25.7 Å². The molecule has 1 saturated heterocycles. The molecule has 2 unspecified atom stereocenters. The molecular weight excluding hydrogens is 256 g/mol. The van der Waals surface area contributed by atoms with Gasteiger partial charge in [0.05, 0.1) is 19.3 Å². The molecule has 5 heteroatoms. The molecule has 20 heavy (non-hydrogen) atoms.